The molecule has 0 aliphatic rings. The van der Waals surface area contributed by atoms with E-state index in [0.717, 1.165) is 25.8 Å². The van der Waals surface area contributed by atoms with Crippen LogP contribution in [0.15, 0.2) is 39.4 Å². The van der Waals surface area contributed by atoms with Gasteiger partial charge in [-0.3, -0.25) is 0 Å². The van der Waals surface area contributed by atoms with Crippen LogP contribution < -0.4 is 4.74 Å². The van der Waals surface area contributed by atoms with E-state index in [1.165, 1.54) is 0 Å². The highest BCUT2D eigenvalue weighted by Gasteiger charge is 2.09. The fraction of sp³-hybridized carbons (Fsp3) is 0.154. The van der Waals surface area contributed by atoms with Crippen LogP contribution in [-0.2, 0) is 5.88 Å². The highest BCUT2D eigenvalue weighted by Crippen LogP contribution is 2.32. The average Bonchev–Trinajstić information content (AvgIpc) is 2.34. The zero-order valence-electron chi connectivity index (χ0n) is 9.58. The van der Waals surface area contributed by atoms with Crippen molar-refractivity contribution in [2.45, 2.75) is 12.8 Å². The summed E-state index contributed by atoms with van der Waals surface area (Å²) in [6.45, 7) is 2.02. The van der Waals surface area contributed by atoms with Crippen molar-refractivity contribution < 1.29 is 4.74 Å². The van der Waals surface area contributed by atoms with E-state index in [1.807, 2.05) is 31.2 Å². The molecule has 0 fully saturated rings. The SMILES string of the molecule is Cc1ccc(Oc2ncc(Br)cc2CCl)c(Br)c1. The number of hydrogen-bond donors (Lipinski definition) is 0. The smallest absolute Gasteiger partial charge is 0.223 e. The third-order valence-corrected chi connectivity index (χ3v) is 3.67. The fourth-order valence-electron chi connectivity index (χ4n) is 1.45. The molecular weight excluding hydrogens is 381 g/mol. The fourth-order valence-corrected chi connectivity index (χ4v) is 2.59. The number of pyridine rings is 1. The first-order valence-electron chi connectivity index (χ1n) is 5.24. The molecule has 1 aromatic carbocycles. The van der Waals surface area contributed by atoms with Gasteiger partial charge in [0.2, 0.25) is 5.88 Å². The largest absolute Gasteiger partial charge is 0.438 e. The highest BCUT2D eigenvalue weighted by atomic mass is 79.9. The molecule has 0 saturated carbocycles. The van der Waals surface area contributed by atoms with E-state index in [9.17, 15) is 0 Å². The first-order valence-corrected chi connectivity index (χ1v) is 7.36. The average molecular weight is 391 g/mol. The molecule has 5 heteroatoms. The number of benzene rings is 1. The van der Waals surface area contributed by atoms with E-state index in [-0.39, 0.29) is 0 Å². The maximum Gasteiger partial charge on any atom is 0.223 e. The molecular formula is C13H10Br2ClNO. The quantitative estimate of drug-likeness (QED) is 0.650. The third kappa shape index (κ3) is 3.25. The first-order chi connectivity index (χ1) is 8.60. The van der Waals surface area contributed by atoms with Gasteiger partial charge in [-0.1, -0.05) is 6.07 Å². The first kappa shape index (κ1) is 13.8. The van der Waals surface area contributed by atoms with Crippen molar-refractivity contribution in [3.8, 4) is 11.6 Å². The highest BCUT2D eigenvalue weighted by molar-refractivity contribution is 9.10. The summed E-state index contributed by atoms with van der Waals surface area (Å²) < 4.78 is 7.56. The molecule has 0 saturated heterocycles. The molecule has 0 aliphatic carbocycles. The molecule has 94 valence electrons. The maximum absolute atomic E-state index is 5.88. The van der Waals surface area contributed by atoms with E-state index in [1.54, 1.807) is 6.20 Å². The molecule has 0 aliphatic heterocycles. The Labute approximate surface area is 128 Å². The lowest BCUT2D eigenvalue weighted by Gasteiger charge is -2.10. The van der Waals surface area contributed by atoms with Gasteiger partial charge < -0.3 is 4.74 Å². The number of ether oxygens (including phenoxy) is 1. The summed E-state index contributed by atoms with van der Waals surface area (Å²) in [5, 5.41) is 0. The van der Waals surface area contributed by atoms with Crippen molar-refractivity contribution in [1.29, 1.82) is 0 Å². The van der Waals surface area contributed by atoms with E-state index in [4.69, 9.17) is 16.3 Å². The number of hydrogen-bond acceptors (Lipinski definition) is 2. The molecule has 0 amide bonds. The lowest BCUT2D eigenvalue weighted by atomic mass is 10.2. The molecule has 0 spiro atoms. The number of alkyl halides is 1. The van der Waals surface area contributed by atoms with Crippen LogP contribution in [0.4, 0.5) is 0 Å². The summed E-state index contributed by atoms with van der Waals surface area (Å²) >= 11 is 12.7. The summed E-state index contributed by atoms with van der Waals surface area (Å²) in [5.41, 5.74) is 2.01. The van der Waals surface area contributed by atoms with E-state index in [2.05, 4.69) is 36.8 Å². The third-order valence-electron chi connectivity index (χ3n) is 2.33. The second-order valence-corrected chi connectivity index (χ2v) is 5.82. The normalized spacial score (nSPS) is 10.4. The Kier molecular flexibility index (Phi) is 4.65. The molecule has 2 nitrogen and oxygen atoms in total. The second kappa shape index (κ2) is 6.04. The zero-order valence-corrected chi connectivity index (χ0v) is 13.5. The van der Waals surface area contributed by atoms with Crippen LogP contribution in [0.1, 0.15) is 11.1 Å². The van der Waals surface area contributed by atoms with Gasteiger partial charge in [0.15, 0.2) is 0 Å². The Morgan fingerprint density at radius 3 is 2.72 bits per heavy atom. The van der Waals surface area contributed by atoms with Crippen LogP contribution in [0.5, 0.6) is 11.6 Å². The van der Waals surface area contributed by atoms with Crippen LogP contribution in [0.3, 0.4) is 0 Å². The lowest BCUT2D eigenvalue weighted by Crippen LogP contribution is -1.94. The summed E-state index contributed by atoms with van der Waals surface area (Å²) in [6.07, 6.45) is 1.69. The van der Waals surface area contributed by atoms with Crippen molar-refractivity contribution in [2.24, 2.45) is 0 Å². The molecule has 0 bridgehead atoms. The predicted octanol–water partition coefficient (Wildman–Crippen LogP) is 5.45. The van der Waals surface area contributed by atoms with Crippen LogP contribution >= 0.6 is 43.5 Å². The van der Waals surface area contributed by atoms with Crippen LogP contribution in [-0.4, -0.2) is 4.98 Å². The molecule has 0 atom stereocenters. The molecule has 0 N–H and O–H groups in total. The molecule has 1 heterocycles. The lowest BCUT2D eigenvalue weighted by molar-refractivity contribution is 0.455. The Balaban J connectivity index is 2.33. The number of rotatable bonds is 3. The molecule has 1 aromatic heterocycles. The van der Waals surface area contributed by atoms with Gasteiger partial charge in [-0.25, -0.2) is 4.98 Å². The second-order valence-electron chi connectivity index (χ2n) is 3.79. The summed E-state index contributed by atoms with van der Waals surface area (Å²) in [6, 6.07) is 7.78. The van der Waals surface area contributed by atoms with Crippen molar-refractivity contribution in [3.05, 3.63) is 50.5 Å². The van der Waals surface area contributed by atoms with Gasteiger partial charge in [-0.2, -0.15) is 0 Å². The molecule has 2 aromatic rings. The summed E-state index contributed by atoms with van der Waals surface area (Å²) in [7, 11) is 0. The van der Waals surface area contributed by atoms with Crippen molar-refractivity contribution in [2.75, 3.05) is 0 Å². The van der Waals surface area contributed by atoms with Gasteiger partial charge in [-0.15, -0.1) is 11.6 Å². The monoisotopic (exact) mass is 389 g/mol. The van der Waals surface area contributed by atoms with Gasteiger partial charge >= 0.3 is 0 Å². The number of aryl methyl sites for hydroxylation is 1. The van der Waals surface area contributed by atoms with Gasteiger partial charge in [0.05, 0.1) is 10.4 Å². The standard InChI is InChI=1S/C13H10Br2ClNO/c1-8-2-3-12(11(15)4-8)18-13-9(6-16)5-10(14)7-17-13/h2-5,7H,6H2,1H3. The minimum absolute atomic E-state index is 0.352. The number of halogens is 3. The zero-order chi connectivity index (χ0) is 13.1. The summed E-state index contributed by atoms with van der Waals surface area (Å²) in [4.78, 5) is 4.23. The van der Waals surface area contributed by atoms with Crippen LogP contribution in [0, 0.1) is 6.92 Å². The minimum atomic E-state index is 0.352. The van der Waals surface area contributed by atoms with E-state index >= 15 is 0 Å². The van der Waals surface area contributed by atoms with Gasteiger partial charge in [0.1, 0.15) is 5.75 Å². The predicted molar refractivity (Wildman–Crippen MR) is 80.4 cm³/mol. The Morgan fingerprint density at radius 1 is 1.28 bits per heavy atom. The molecule has 18 heavy (non-hydrogen) atoms. The topological polar surface area (TPSA) is 22.1 Å². The van der Waals surface area contributed by atoms with Crippen molar-refractivity contribution >= 4 is 43.5 Å². The number of aromatic nitrogens is 1. The molecule has 0 radical (unpaired) electrons. The Bertz CT molecular complexity index is 575. The van der Waals surface area contributed by atoms with Crippen LogP contribution in [0.2, 0.25) is 0 Å². The Hall–Kier alpha value is -0.580. The Morgan fingerprint density at radius 2 is 2.06 bits per heavy atom. The molecule has 2 rings (SSSR count). The summed E-state index contributed by atoms with van der Waals surface area (Å²) in [5.74, 6) is 1.60. The van der Waals surface area contributed by atoms with Gasteiger partial charge in [-0.05, 0) is 62.5 Å². The van der Waals surface area contributed by atoms with Gasteiger partial charge in [0, 0.05) is 16.2 Å². The van der Waals surface area contributed by atoms with Crippen molar-refractivity contribution in [3.63, 3.8) is 0 Å². The van der Waals surface area contributed by atoms with E-state index in [0.29, 0.717) is 11.8 Å². The number of nitrogens with zero attached hydrogens (tertiary/aromatic N) is 1. The van der Waals surface area contributed by atoms with Crippen LogP contribution in [0.25, 0.3) is 0 Å². The van der Waals surface area contributed by atoms with E-state index < -0.39 is 0 Å². The van der Waals surface area contributed by atoms with Gasteiger partial charge in [0.25, 0.3) is 0 Å². The minimum Gasteiger partial charge on any atom is -0.438 e. The molecule has 0 unspecified atom stereocenters. The maximum atomic E-state index is 5.88. The van der Waals surface area contributed by atoms with Crippen molar-refractivity contribution in [1.82, 2.24) is 4.98 Å².